The topological polar surface area (TPSA) is 80.3 Å². The van der Waals surface area contributed by atoms with Crippen molar-refractivity contribution in [3.8, 4) is 11.3 Å². The fraction of sp³-hybridized carbons (Fsp3) is 0.105. The second kappa shape index (κ2) is 8.41. The molecule has 0 unspecified atom stereocenters. The Hall–Kier alpha value is -3.26. The van der Waals surface area contributed by atoms with Crippen LogP contribution in [0.2, 0.25) is 0 Å². The molecule has 0 saturated heterocycles. The number of carbonyl (C=O) groups excluding carboxylic acids is 2. The molecule has 27 heavy (non-hydrogen) atoms. The van der Waals surface area contributed by atoms with Crippen molar-refractivity contribution >= 4 is 28.5 Å². The van der Waals surface area contributed by atoms with Gasteiger partial charge in [0.25, 0.3) is 0 Å². The Morgan fingerprint density at radius 2 is 1.81 bits per heavy atom. The molecule has 0 bridgehead atoms. The Balaban J connectivity index is 1.57. The lowest BCUT2D eigenvalue weighted by molar-refractivity contribution is 0.0600. The van der Waals surface area contributed by atoms with E-state index in [9.17, 15) is 14.0 Å². The van der Waals surface area contributed by atoms with E-state index in [0.29, 0.717) is 16.4 Å². The van der Waals surface area contributed by atoms with Gasteiger partial charge in [0.1, 0.15) is 5.82 Å². The average molecular weight is 385 g/mol. The van der Waals surface area contributed by atoms with Crippen LogP contribution in [0.3, 0.4) is 0 Å². The summed E-state index contributed by atoms with van der Waals surface area (Å²) in [5, 5.41) is 7.60. The van der Waals surface area contributed by atoms with E-state index in [1.165, 1.54) is 30.6 Å². The van der Waals surface area contributed by atoms with Crippen molar-refractivity contribution in [2.45, 2.75) is 6.54 Å². The standard InChI is InChI=1S/C19H16FN3O3S/c1-26-17(24)14-6-4-13(5-7-14)16-11-27-19(22-16)23-18(25)21-10-12-2-8-15(20)9-3-12/h2-9,11H,10H2,1H3,(H2,21,22,23,25). The molecule has 0 aliphatic carbocycles. The molecule has 6 nitrogen and oxygen atoms in total. The van der Waals surface area contributed by atoms with Crippen molar-refractivity contribution in [3.05, 3.63) is 70.9 Å². The number of halogens is 1. The highest BCUT2D eigenvalue weighted by atomic mass is 32.1. The summed E-state index contributed by atoms with van der Waals surface area (Å²) in [7, 11) is 1.33. The molecular weight excluding hydrogens is 369 g/mol. The monoisotopic (exact) mass is 385 g/mol. The first-order valence-electron chi connectivity index (χ1n) is 7.99. The van der Waals surface area contributed by atoms with Gasteiger partial charge in [-0.3, -0.25) is 5.32 Å². The molecule has 0 saturated carbocycles. The van der Waals surface area contributed by atoms with Crippen molar-refractivity contribution in [2.75, 3.05) is 12.4 Å². The van der Waals surface area contributed by atoms with Crippen molar-refractivity contribution in [3.63, 3.8) is 0 Å². The van der Waals surface area contributed by atoms with Crippen LogP contribution in [0.5, 0.6) is 0 Å². The molecule has 3 rings (SSSR count). The number of esters is 1. The minimum atomic E-state index is -0.403. The van der Waals surface area contributed by atoms with Crippen LogP contribution in [0.15, 0.2) is 53.9 Å². The predicted octanol–water partition coefficient (Wildman–Crippen LogP) is 4.06. The van der Waals surface area contributed by atoms with E-state index in [1.807, 2.05) is 5.38 Å². The number of benzene rings is 2. The molecule has 1 heterocycles. The van der Waals surface area contributed by atoms with Crippen LogP contribution >= 0.6 is 11.3 Å². The average Bonchev–Trinajstić information content (AvgIpc) is 3.15. The van der Waals surface area contributed by atoms with Crippen LogP contribution in [0, 0.1) is 5.82 Å². The van der Waals surface area contributed by atoms with Crippen molar-refractivity contribution in [1.29, 1.82) is 0 Å². The largest absolute Gasteiger partial charge is 0.465 e. The molecule has 138 valence electrons. The molecule has 0 radical (unpaired) electrons. The zero-order valence-corrected chi connectivity index (χ0v) is 15.2. The number of anilines is 1. The number of hydrogen-bond donors (Lipinski definition) is 2. The summed E-state index contributed by atoms with van der Waals surface area (Å²) in [6, 6.07) is 12.3. The smallest absolute Gasteiger partial charge is 0.337 e. The van der Waals surface area contributed by atoms with Crippen LogP contribution in [-0.4, -0.2) is 24.1 Å². The van der Waals surface area contributed by atoms with Crippen LogP contribution < -0.4 is 10.6 Å². The van der Waals surface area contributed by atoms with Crippen molar-refractivity contribution < 1.29 is 18.7 Å². The number of ether oxygens (including phenoxy) is 1. The van der Waals surface area contributed by atoms with E-state index in [2.05, 4.69) is 20.4 Å². The van der Waals surface area contributed by atoms with Gasteiger partial charge >= 0.3 is 12.0 Å². The first kappa shape index (κ1) is 18.5. The van der Waals surface area contributed by atoms with Crippen LogP contribution in [-0.2, 0) is 11.3 Å². The van der Waals surface area contributed by atoms with E-state index >= 15 is 0 Å². The lowest BCUT2D eigenvalue weighted by atomic mass is 10.1. The fourth-order valence-electron chi connectivity index (χ4n) is 2.28. The summed E-state index contributed by atoms with van der Waals surface area (Å²) >= 11 is 1.29. The third kappa shape index (κ3) is 4.89. The number of methoxy groups -OCH3 is 1. The number of nitrogens with zero attached hydrogens (tertiary/aromatic N) is 1. The molecule has 2 aromatic carbocycles. The first-order chi connectivity index (χ1) is 13.0. The Morgan fingerprint density at radius 1 is 1.11 bits per heavy atom. The van der Waals surface area contributed by atoms with Gasteiger partial charge in [-0.25, -0.2) is 19.0 Å². The summed E-state index contributed by atoms with van der Waals surface area (Å²) in [5.74, 6) is -0.724. The SMILES string of the molecule is COC(=O)c1ccc(-c2csc(NC(=O)NCc3ccc(F)cc3)n2)cc1. The van der Waals surface area contributed by atoms with Crippen LogP contribution in [0.4, 0.5) is 14.3 Å². The van der Waals surface area contributed by atoms with Gasteiger partial charge in [0.2, 0.25) is 0 Å². The number of aromatic nitrogens is 1. The highest BCUT2D eigenvalue weighted by molar-refractivity contribution is 7.14. The quantitative estimate of drug-likeness (QED) is 0.649. The number of amides is 2. The van der Waals surface area contributed by atoms with Gasteiger partial charge in [0.05, 0.1) is 18.4 Å². The number of hydrogen-bond acceptors (Lipinski definition) is 5. The van der Waals surface area contributed by atoms with Crippen LogP contribution in [0.25, 0.3) is 11.3 Å². The normalized spacial score (nSPS) is 10.3. The van der Waals surface area contributed by atoms with E-state index < -0.39 is 12.0 Å². The third-order valence-corrected chi connectivity index (χ3v) is 4.45. The van der Waals surface area contributed by atoms with Gasteiger partial charge in [0, 0.05) is 17.5 Å². The van der Waals surface area contributed by atoms with Gasteiger partial charge in [-0.15, -0.1) is 11.3 Å². The second-order valence-corrected chi connectivity index (χ2v) is 6.40. The molecule has 0 spiro atoms. The summed E-state index contributed by atoms with van der Waals surface area (Å²) in [5.41, 5.74) is 2.75. The Bertz CT molecular complexity index is 940. The van der Waals surface area contributed by atoms with E-state index in [1.54, 1.807) is 36.4 Å². The molecule has 0 atom stereocenters. The number of nitrogens with one attached hydrogen (secondary N) is 2. The van der Waals surface area contributed by atoms with Gasteiger partial charge in [-0.05, 0) is 29.8 Å². The molecular formula is C19H16FN3O3S. The summed E-state index contributed by atoms with van der Waals surface area (Å²) in [4.78, 5) is 27.8. The second-order valence-electron chi connectivity index (χ2n) is 5.54. The minimum Gasteiger partial charge on any atom is -0.465 e. The Labute approximate surface area is 159 Å². The fourth-order valence-corrected chi connectivity index (χ4v) is 3.00. The lowest BCUT2D eigenvalue weighted by Crippen LogP contribution is -2.28. The Morgan fingerprint density at radius 3 is 2.48 bits per heavy atom. The molecule has 1 aromatic heterocycles. The Kier molecular flexibility index (Phi) is 5.77. The van der Waals surface area contributed by atoms with Gasteiger partial charge in [-0.2, -0.15) is 0 Å². The zero-order chi connectivity index (χ0) is 19.2. The number of carbonyl (C=O) groups is 2. The highest BCUT2D eigenvalue weighted by Gasteiger charge is 2.10. The van der Waals surface area contributed by atoms with Crippen molar-refractivity contribution in [2.24, 2.45) is 0 Å². The molecule has 0 fully saturated rings. The van der Waals surface area contributed by atoms with Gasteiger partial charge in [0.15, 0.2) is 5.13 Å². The maximum atomic E-state index is 12.9. The highest BCUT2D eigenvalue weighted by Crippen LogP contribution is 2.25. The molecule has 3 aromatic rings. The maximum Gasteiger partial charge on any atom is 0.337 e. The third-order valence-electron chi connectivity index (χ3n) is 3.69. The van der Waals surface area contributed by atoms with Gasteiger partial charge < -0.3 is 10.1 Å². The first-order valence-corrected chi connectivity index (χ1v) is 8.86. The molecule has 8 heteroatoms. The molecule has 2 amide bonds. The molecule has 2 N–H and O–H groups in total. The summed E-state index contributed by atoms with van der Waals surface area (Å²) in [6.45, 7) is 0.277. The van der Waals surface area contributed by atoms with Gasteiger partial charge in [-0.1, -0.05) is 24.3 Å². The number of rotatable bonds is 5. The van der Waals surface area contributed by atoms with E-state index in [4.69, 9.17) is 0 Å². The number of thiazole rings is 1. The molecule has 0 aliphatic heterocycles. The lowest BCUT2D eigenvalue weighted by Gasteiger charge is -2.05. The summed E-state index contributed by atoms with van der Waals surface area (Å²) < 4.78 is 17.5. The van der Waals surface area contributed by atoms with E-state index in [-0.39, 0.29) is 12.4 Å². The predicted molar refractivity (Wildman–Crippen MR) is 101 cm³/mol. The molecule has 0 aliphatic rings. The van der Waals surface area contributed by atoms with E-state index in [0.717, 1.165) is 11.1 Å². The van der Waals surface area contributed by atoms with Crippen LogP contribution in [0.1, 0.15) is 15.9 Å². The number of urea groups is 1. The van der Waals surface area contributed by atoms with Crippen molar-refractivity contribution in [1.82, 2.24) is 10.3 Å². The minimum absolute atomic E-state index is 0.277. The summed E-state index contributed by atoms with van der Waals surface area (Å²) in [6.07, 6.45) is 0. The maximum absolute atomic E-state index is 12.9. The zero-order valence-electron chi connectivity index (χ0n) is 14.4.